The number of benzene rings is 1. The molecule has 0 aliphatic carbocycles. The summed E-state index contributed by atoms with van der Waals surface area (Å²) in [5.41, 5.74) is 0.660. The number of halogens is 1. The van der Waals surface area contributed by atoms with Gasteiger partial charge in [0, 0.05) is 29.7 Å². The second kappa shape index (κ2) is 5.61. The van der Waals surface area contributed by atoms with Crippen LogP contribution in [0.5, 0.6) is 0 Å². The fraction of sp³-hybridized carbons (Fsp3) is 0.429. The van der Waals surface area contributed by atoms with Crippen LogP contribution in [0.25, 0.3) is 0 Å². The molecule has 0 spiro atoms. The molecule has 1 N–H and O–H groups in total. The van der Waals surface area contributed by atoms with Crippen LogP contribution >= 0.6 is 11.6 Å². The zero-order chi connectivity index (χ0) is 14.0. The summed E-state index contributed by atoms with van der Waals surface area (Å²) in [5.74, 6) is -0.367. The third-order valence-corrected chi connectivity index (χ3v) is 3.48. The van der Waals surface area contributed by atoms with Gasteiger partial charge in [-0.1, -0.05) is 17.7 Å². The van der Waals surface area contributed by atoms with Gasteiger partial charge in [0.1, 0.15) is 0 Å². The highest BCUT2D eigenvalue weighted by atomic mass is 35.5. The van der Waals surface area contributed by atoms with Gasteiger partial charge in [-0.05, 0) is 32.0 Å². The highest BCUT2D eigenvalue weighted by Gasteiger charge is 2.35. The van der Waals surface area contributed by atoms with Crippen molar-refractivity contribution in [3.8, 4) is 0 Å². The van der Waals surface area contributed by atoms with Gasteiger partial charge in [-0.2, -0.15) is 0 Å². The van der Waals surface area contributed by atoms with Crippen molar-refractivity contribution in [1.29, 1.82) is 0 Å². The van der Waals surface area contributed by atoms with Gasteiger partial charge < -0.3 is 10.2 Å². The maximum absolute atomic E-state index is 12.1. The van der Waals surface area contributed by atoms with Crippen LogP contribution in [-0.2, 0) is 9.59 Å². The minimum absolute atomic E-state index is 0.0428. The molecule has 2 amide bonds. The zero-order valence-corrected chi connectivity index (χ0v) is 11.8. The van der Waals surface area contributed by atoms with E-state index in [4.69, 9.17) is 11.6 Å². The lowest BCUT2D eigenvalue weighted by Crippen LogP contribution is -2.33. The molecule has 1 aromatic carbocycles. The van der Waals surface area contributed by atoms with Crippen LogP contribution in [0.15, 0.2) is 24.3 Å². The Morgan fingerprint density at radius 3 is 2.79 bits per heavy atom. The van der Waals surface area contributed by atoms with Crippen LogP contribution in [0.3, 0.4) is 0 Å². The van der Waals surface area contributed by atoms with Crippen molar-refractivity contribution in [1.82, 2.24) is 4.90 Å². The summed E-state index contributed by atoms with van der Waals surface area (Å²) < 4.78 is 0. The van der Waals surface area contributed by atoms with Gasteiger partial charge in [-0.15, -0.1) is 0 Å². The van der Waals surface area contributed by atoms with E-state index >= 15 is 0 Å². The van der Waals surface area contributed by atoms with Gasteiger partial charge in [-0.25, -0.2) is 0 Å². The van der Waals surface area contributed by atoms with Gasteiger partial charge in [0.2, 0.25) is 11.8 Å². The summed E-state index contributed by atoms with van der Waals surface area (Å²) in [6.45, 7) is 4.40. The van der Waals surface area contributed by atoms with Crippen molar-refractivity contribution in [2.24, 2.45) is 5.92 Å². The first kappa shape index (κ1) is 13.9. The minimum atomic E-state index is -0.283. The summed E-state index contributed by atoms with van der Waals surface area (Å²) in [7, 11) is 0. The Hall–Kier alpha value is -1.55. The van der Waals surface area contributed by atoms with Gasteiger partial charge >= 0.3 is 0 Å². The average Bonchev–Trinajstić information content (AvgIpc) is 2.71. The molecule has 0 bridgehead atoms. The Bertz CT molecular complexity index is 502. The number of hydrogen-bond acceptors (Lipinski definition) is 2. The number of nitrogens with one attached hydrogen (secondary N) is 1. The van der Waals surface area contributed by atoms with E-state index in [1.165, 1.54) is 0 Å². The molecule has 102 valence electrons. The molecule has 1 aliphatic heterocycles. The second-order valence-electron chi connectivity index (χ2n) is 5.04. The molecular weight excluding hydrogens is 264 g/mol. The van der Waals surface area contributed by atoms with E-state index in [9.17, 15) is 9.59 Å². The summed E-state index contributed by atoms with van der Waals surface area (Å²) in [5, 5.41) is 3.38. The maximum atomic E-state index is 12.1. The van der Waals surface area contributed by atoms with Crippen molar-refractivity contribution < 1.29 is 9.59 Å². The maximum Gasteiger partial charge on any atom is 0.229 e. The lowest BCUT2D eigenvalue weighted by molar-refractivity contribution is -0.129. The molecule has 1 saturated heterocycles. The van der Waals surface area contributed by atoms with Crippen LogP contribution in [0.1, 0.15) is 20.3 Å². The lowest BCUT2D eigenvalue weighted by atomic mass is 10.1. The highest BCUT2D eigenvalue weighted by Crippen LogP contribution is 2.22. The average molecular weight is 281 g/mol. The molecule has 1 atom stereocenters. The number of nitrogens with zero attached hydrogens (tertiary/aromatic N) is 1. The first-order chi connectivity index (χ1) is 8.97. The molecule has 1 unspecified atom stereocenters. The van der Waals surface area contributed by atoms with E-state index in [-0.39, 0.29) is 30.2 Å². The molecule has 1 aliphatic rings. The number of likely N-dealkylation sites (tertiary alicyclic amines) is 1. The Kier molecular flexibility index (Phi) is 4.10. The van der Waals surface area contributed by atoms with Crippen LogP contribution < -0.4 is 5.32 Å². The predicted octanol–water partition coefficient (Wildman–Crippen LogP) is 2.54. The van der Waals surface area contributed by atoms with Gasteiger partial charge in [0.15, 0.2) is 0 Å². The van der Waals surface area contributed by atoms with E-state index in [1.54, 1.807) is 29.2 Å². The Labute approximate surface area is 117 Å². The molecule has 5 heteroatoms. The van der Waals surface area contributed by atoms with Crippen LogP contribution in [0.2, 0.25) is 5.02 Å². The van der Waals surface area contributed by atoms with Crippen LogP contribution in [0.4, 0.5) is 5.69 Å². The molecule has 1 aromatic rings. The standard InChI is InChI=1S/C14H17ClN2O2/c1-9(2)17-8-10(6-13(17)18)14(19)16-12-5-3-4-11(15)7-12/h3-5,7,9-10H,6,8H2,1-2H3,(H,16,19). The molecule has 0 aromatic heterocycles. The second-order valence-corrected chi connectivity index (χ2v) is 5.48. The highest BCUT2D eigenvalue weighted by molar-refractivity contribution is 6.30. The molecule has 1 heterocycles. The Balaban J connectivity index is 2.00. The number of amides is 2. The van der Waals surface area contributed by atoms with E-state index < -0.39 is 0 Å². The monoisotopic (exact) mass is 280 g/mol. The van der Waals surface area contributed by atoms with Crippen molar-refractivity contribution in [2.45, 2.75) is 26.3 Å². The SMILES string of the molecule is CC(C)N1CC(C(=O)Nc2cccc(Cl)c2)CC1=O. The van der Waals surface area contributed by atoms with Gasteiger partial charge in [0.25, 0.3) is 0 Å². The number of hydrogen-bond donors (Lipinski definition) is 1. The van der Waals surface area contributed by atoms with Crippen molar-refractivity contribution in [2.75, 3.05) is 11.9 Å². The minimum Gasteiger partial charge on any atom is -0.339 e. The van der Waals surface area contributed by atoms with Gasteiger partial charge in [0.05, 0.1) is 5.92 Å². The lowest BCUT2D eigenvalue weighted by Gasteiger charge is -2.20. The van der Waals surface area contributed by atoms with E-state index in [2.05, 4.69) is 5.32 Å². The van der Waals surface area contributed by atoms with Crippen LogP contribution in [0, 0.1) is 5.92 Å². The normalized spacial score (nSPS) is 19.1. The molecular formula is C14H17ClN2O2. The first-order valence-corrected chi connectivity index (χ1v) is 6.71. The molecule has 1 fully saturated rings. The Morgan fingerprint density at radius 1 is 1.47 bits per heavy atom. The van der Waals surface area contributed by atoms with Gasteiger partial charge in [-0.3, -0.25) is 9.59 Å². The van der Waals surface area contributed by atoms with E-state index in [1.807, 2.05) is 13.8 Å². The molecule has 4 nitrogen and oxygen atoms in total. The van der Waals surface area contributed by atoms with Crippen molar-refractivity contribution in [3.05, 3.63) is 29.3 Å². The van der Waals surface area contributed by atoms with Crippen LogP contribution in [-0.4, -0.2) is 29.3 Å². The zero-order valence-electron chi connectivity index (χ0n) is 11.0. The Morgan fingerprint density at radius 2 is 2.21 bits per heavy atom. The van der Waals surface area contributed by atoms with E-state index in [0.717, 1.165) is 0 Å². The third-order valence-electron chi connectivity index (χ3n) is 3.24. The fourth-order valence-electron chi connectivity index (χ4n) is 2.22. The number of carbonyl (C=O) groups is 2. The third kappa shape index (κ3) is 3.26. The van der Waals surface area contributed by atoms with Crippen molar-refractivity contribution in [3.63, 3.8) is 0 Å². The quantitative estimate of drug-likeness (QED) is 0.925. The fourth-order valence-corrected chi connectivity index (χ4v) is 2.41. The number of carbonyl (C=O) groups excluding carboxylic acids is 2. The van der Waals surface area contributed by atoms with E-state index in [0.29, 0.717) is 17.3 Å². The largest absolute Gasteiger partial charge is 0.339 e. The number of anilines is 1. The summed E-state index contributed by atoms with van der Waals surface area (Å²) >= 11 is 5.86. The molecule has 0 saturated carbocycles. The smallest absolute Gasteiger partial charge is 0.229 e. The summed E-state index contributed by atoms with van der Waals surface area (Å²) in [6, 6.07) is 7.13. The molecule has 0 radical (unpaired) electrons. The molecule has 2 rings (SSSR count). The number of rotatable bonds is 3. The predicted molar refractivity (Wildman–Crippen MR) is 75.0 cm³/mol. The summed E-state index contributed by atoms with van der Waals surface area (Å²) in [6.07, 6.45) is 0.282. The summed E-state index contributed by atoms with van der Waals surface area (Å²) in [4.78, 5) is 25.6. The topological polar surface area (TPSA) is 49.4 Å². The first-order valence-electron chi connectivity index (χ1n) is 6.33. The van der Waals surface area contributed by atoms with Crippen molar-refractivity contribution >= 4 is 29.1 Å². The molecule has 19 heavy (non-hydrogen) atoms.